The van der Waals surface area contributed by atoms with Crippen molar-refractivity contribution in [3.05, 3.63) is 155 Å². The Morgan fingerprint density at radius 3 is 1.36 bits per heavy atom. The minimum absolute atomic E-state index is 0.146. The molecule has 0 fully saturated rings. The average Bonchev–Trinajstić information content (AvgIpc) is 4.01. The van der Waals surface area contributed by atoms with Crippen molar-refractivity contribution in [3.8, 4) is 22.5 Å². The molecule has 6 aromatic heterocycles. The van der Waals surface area contributed by atoms with Crippen LogP contribution in [0.2, 0.25) is 0 Å². The minimum atomic E-state index is -0.146. The van der Waals surface area contributed by atoms with Gasteiger partial charge in [0, 0.05) is 85.5 Å². The second-order valence-corrected chi connectivity index (χ2v) is 19.5. The molecule has 274 valence electrons. The first-order valence-electron chi connectivity index (χ1n) is 20.1. The van der Waals surface area contributed by atoms with Gasteiger partial charge in [0.15, 0.2) is 0 Å². The molecule has 0 N–H and O–H groups in total. The van der Waals surface area contributed by atoms with E-state index in [4.69, 9.17) is 9.97 Å². The summed E-state index contributed by atoms with van der Waals surface area (Å²) in [6.07, 6.45) is 3.81. The molecule has 0 atom stereocenters. The number of rotatable bonds is 1. The van der Waals surface area contributed by atoms with Crippen LogP contribution in [-0.4, -0.2) is 19.1 Å². The zero-order valence-electron chi connectivity index (χ0n) is 32.3. The van der Waals surface area contributed by atoms with Crippen molar-refractivity contribution < 1.29 is 0 Å². The van der Waals surface area contributed by atoms with Crippen LogP contribution in [0, 0.1) is 0 Å². The number of nitrogens with zero attached hydrogens (tertiary/aromatic N) is 4. The number of hydrogen-bond donors (Lipinski definition) is 0. The van der Waals surface area contributed by atoms with Crippen LogP contribution in [0.4, 0.5) is 0 Å². The highest BCUT2D eigenvalue weighted by atomic mass is 32.1. The van der Waals surface area contributed by atoms with Crippen molar-refractivity contribution in [2.45, 2.75) is 38.5 Å². The van der Waals surface area contributed by atoms with Gasteiger partial charge in [-0.25, -0.2) is 0 Å². The van der Waals surface area contributed by atoms with E-state index in [2.05, 4.69) is 158 Å². The summed E-state index contributed by atoms with van der Waals surface area (Å²) in [5.74, 6) is 0. The average molecular weight is 779 g/mol. The third kappa shape index (κ3) is 3.64. The largest absolute Gasteiger partial charge is 0.307 e. The molecule has 0 amide bonds. The number of fused-ring (bicyclic) bond motifs is 18. The van der Waals surface area contributed by atoms with E-state index in [0.717, 1.165) is 11.0 Å². The Kier molecular flexibility index (Phi) is 5.68. The highest BCUT2D eigenvalue weighted by Gasteiger charge is 2.40. The maximum Gasteiger partial charge on any atom is 0.0709 e. The molecular weight excluding hydrogens is 745 g/mol. The Labute approximate surface area is 341 Å². The summed E-state index contributed by atoms with van der Waals surface area (Å²) in [4.78, 5) is 12.4. The van der Waals surface area contributed by atoms with Gasteiger partial charge in [0.2, 0.25) is 0 Å². The normalized spacial score (nSPS) is 15.2. The Balaban J connectivity index is 1.03. The smallest absolute Gasteiger partial charge is 0.0709 e. The van der Waals surface area contributed by atoms with Crippen LogP contribution in [-0.2, 0) is 10.8 Å². The van der Waals surface area contributed by atoms with E-state index in [1.54, 1.807) is 0 Å². The molecule has 0 aliphatic carbocycles. The third-order valence-corrected chi connectivity index (χ3v) is 16.6. The van der Waals surface area contributed by atoms with Gasteiger partial charge in [-0.15, -0.1) is 22.7 Å². The molecule has 6 aromatic carbocycles. The zero-order valence-corrected chi connectivity index (χ0v) is 33.9. The number of para-hydroxylation sites is 2. The number of hydrogen-bond acceptors (Lipinski definition) is 4. The molecule has 0 unspecified atom stereocenters. The second-order valence-electron chi connectivity index (χ2n) is 17.4. The van der Waals surface area contributed by atoms with Crippen molar-refractivity contribution in [3.63, 3.8) is 0 Å². The van der Waals surface area contributed by atoms with Gasteiger partial charge in [-0.05, 0) is 82.9 Å². The molecule has 0 radical (unpaired) electrons. The molecule has 8 heterocycles. The van der Waals surface area contributed by atoms with E-state index in [9.17, 15) is 0 Å². The maximum atomic E-state index is 4.77. The minimum Gasteiger partial charge on any atom is -0.307 e. The lowest BCUT2D eigenvalue weighted by Gasteiger charge is -2.32. The molecule has 4 nitrogen and oxygen atoms in total. The topological polar surface area (TPSA) is 35.6 Å². The SMILES string of the molecule is CC1(C)c2sc3ccc4ncccc4c3c2-n2c3ccc(-c4ccc5c(c4)c4cccc6c4n5-c4c(sc5ccc7ncccc7c45)C6(C)C)cc3c3cccc1c32. The number of aromatic nitrogens is 4. The van der Waals surface area contributed by atoms with E-state index in [-0.39, 0.29) is 10.8 Å². The first kappa shape index (κ1) is 31.7. The van der Waals surface area contributed by atoms with Crippen LogP contribution in [0.5, 0.6) is 0 Å². The van der Waals surface area contributed by atoms with Crippen LogP contribution in [0.15, 0.2) is 134 Å². The van der Waals surface area contributed by atoms with Gasteiger partial charge >= 0.3 is 0 Å². The molecular formula is C52H34N4S2. The molecule has 0 bridgehead atoms. The summed E-state index contributed by atoms with van der Waals surface area (Å²) < 4.78 is 7.78. The van der Waals surface area contributed by atoms with Gasteiger partial charge in [-0.3, -0.25) is 9.97 Å². The number of pyridine rings is 2. The Bertz CT molecular complexity index is 3610. The summed E-state index contributed by atoms with van der Waals surface area (Å²) >= 11 is 3.87. The van der Waals surface area contributed by atoms with E-state index in [1.807, 2.05) is 35.1 Å². The van der Waals surface area contributed by atoms with Crippen molar-refractivity contribution in [2.75, 3.05) is 0 Å². The lowest BCUT2D eigenvalue weighted by molar-refractivity contribution is 0.646. The van der Waals surface area contributed by atoms with Gasteiger partial charge < -0.3 is 9.13 Å². The van der Waals surface area contributed by atoms with Gasteiger partial charge in [0.05, 0.1) is 44.5 Å². The van der Waals surface area contributed by atoms with Gasteiger partial charge in [0.1, 0.15) is 0 Å². The van der Waals surface area contributed by atoms with Crippen molar-refractivity contribution in [2.24, 2.45) is 0 Å². The maximum absolute atomic E-state index is 4.77. The number of benzene rings is 6. The van der Waals surface area contributed by atoms with Crippen LogP contribution >= 0.6 is 22.7 Å². The van der Waals surface area contributed by atoms with Crippen LogP contribution < -0.4 is 0 Å². The van der Waals surface area contributed by atoms with E-state index in [1.165, 1.54) is 118 Å². The third-order valence-electron chi connectivity index (χ3n) is 13.7. The number of thiophene rings is 2. The fraction of sp³-hybridized carbons (Fsp3) is 0.115. The van der Waals surface area contributed by atoms with E-state index < -0.39 is 0 Å². The molecule has 0 saturated carbocycles. The van der Waals surface area contributed by atoms with E-state index in [0.29, 0.717) is 0 Å². The van der Waals surface area contributed by atoms with Gasteiger partial charge in [-0.2, -0.15) is 0 Å². The molecule has 6 heteroatoms. The molecule has 0 spiro atoms. The van der Waals surface area contributed by atoms with Crippen LogP contribution in [0.1, 0.15) is 48.6 Å². The Morgan fingerprint density at radius 1 is 0.448 bits per heavy atom. The molecule has 2 aliphatic rings. The summed E-state index contributed by atoms with van der Waals surface area (Å²) in [5, 5.41) is 10.2. The van der Waals surface area contributed by atoms with Crippen molar-refractivity contribution in [1.29, 1.82) is 0 Å². The van der Waals surface area contributed by atoms with Crippen molar-refractivity contribution >= 4 is 108 Å². The Morgan fingerprint density at radius 2 is 0.897 bits per heavy atom. The first-order chi connectivity index (χ1) is 28.3. The van der Waals surface area contributed by atoms with E-state index >= 15 is 0 Å². The summed E-state index contributed by atoms with van der Waals surface area (Å²) in [5.41, 5.74) is 14.8. The summed E-state index contributed by atoms with van der Waals surface area (Å²) in [6, 6.07) is 45.7. The highest BCUT2D eigenvalue weighted by Crippen LogP contribution is 2.56. The van der Waals surface area contributed by atoms with Crippen LogP contribution in [0.3, 0.4) is 0 Å². The predicted molar refractivity (Wildman–Crippen MR) is 246 cm³/mol. The van der Waals surface area contributed by atoms with Gasteiger partial charge in [-0.1, -0.05) is 88.4 Å². The lowest BCUT2D eigenvalue weighted by Crippen LogP contribution is -2.24. The second kappa shape index (κ2) is 10.4. The predicted octanol–water partition coefficient (Wildman–Crippen LogP) is 14.4. The first-order valence-corrected chi connectivity index (χ1v) is 21.7. The molecule has 12 aromatic rings. The molecule has 14 rings (SSSR count). The fourth-order valence-electron chi connectivity index (χ4n) is 11.0. The summed E-state index contributed by atoms with van der Waals surface area (Å²) in [7, 11) is 0. The quantitative estimate of drug-likeness (QED) is 0.166. The summed E-state index contributed by atoms with van der Waals surface area (Å²) in [6.45, 7) is 9.61. The fourth-order valence-corrected chi connectivity index (χ4v) is 13.6. The van der Waals surface area contributed by atoms with Crippen molar-refractivity contribution in [1.82, 2.24) is 19.1 Å². The zero-order chi connectivity index (χ0) is 38.4. The monoisotopic (exact) mass is 778 g/mol. The molecule has 58 heavy (non-hydrogen) atoms. The molecule has 0 saturated heterocycles. The standard InChI is InChI=1S/C52H34N4S2/c1-51(2)35-13-5-9-29-33-25-27(15-19-39(33)55(45(29)35)47-43-31-11-7-23-53-37(31)17-21-41(43)57-49(47)51)28-16-20-40-34(26-28)30-10-6-14-36-46(30)56(40)48-44-32-12-8-24-54-38(32)18-22-42(44)58-50(48)52(36,3)4/h5-26H,1-4H3. The van der Waals surface area contributed by atoms with Crippen LogP contribution in [0.25, 0.3) is 108 Å². The Hall–Kier alpha value is -6.34. The molecule has 2 aliphatic heterocycles. The van der Waals surface area contributed by atoms with Gasteiger partial charge in [0.25, 0.3) is 0 Å². The lowest BCUT2D eigenvalue weighted by atomic mass is 9.79. The highest BCUT2D eigenvalue weighted by molar-refractivity contribution is 7.20.